The molecule has 31 heavy (non-hydrogen) atoms. The van der Waals surface area contributed by atoms with E-state index in [0.717, 1.165) is 11.1 Å². The molecule has 5 rings (SSSR count). The minimum Gasteiger partial charge on any atom is -0.493 e. The fraction of sp³-hybridized carbons (Fsp3) is 0.375. The second kappa shape index (κ2) is 6.83. The van der Waals surface area contributed by atoms with Crippen molar-refractivity contribution in [1.29, 1.82) is 0 Å². The van der Waals surface area contributed by atoms with Gasteiger partial charge < -0.3 is 14.4 Å². The molecule has 2 fully saturated rings. The average molecular weight is 420 g/mol. The predicted molar refractivity (Wildman–Crippen MR) is 113 cm³/mol. The summed E-state index contributed by atoms with van der Waals surface area (Å²) in [5, 5.41) is 0. The number of esters is 1. The van der Waals surface area contributed by atoms with Gasteiger partial charge in [0, 0.05) is 11.5 Å². The van der Waals surface area contributed by atoms with Crippen molar-refractivity contribution in [2.24, 2.45) is 11.8 Å². The molecular formula is C24H24N2O5. The number of hydrogen-bond acceptors (Lipinski definition) is 5. The van der Waals surface area contributed by atoms with Crippen molar-refractivity contribution in [2.75, 3.05) is 18.1 Å². The van der Waals surface area contributed by atoms with Gasteiger partial charge in [-0.2, -0.15) is 0 Å². The molecule has 3 aliphatic rings. The number of rotatable bonds is 3. The molecule has 0 aliphatic carbocycles. The molecule has 0 N–H and O–H groups in total. The Morgan fingerprint density at radius 3 is 2.58 bits per heavy atom. The number of urea groups is 1. The molecule has 3 heterocycles. The summed E-state index contributed by atoms with van der Waals surface area (Å²) >= 11 is 0. The number of fused-ring (bicyclic) bond motifs is 5. The number of anilines is 1. The highest BCUT2D eigenvalue weighted by atomic mass is 16.5. The molecule has 0 saturated carbocycles. The second-order valence-electron chi connectivity index (χ2n) is 8.46. The number of amides is 3. The highest BCUT2D eigenvalue weighted by Crippen LogP contribution is 2.58. The first kappa shape index (κ1) is 19.6. The smallest absolute Gasteiger partial charge is 0.332 e. The molecule has 0 spiro atoms. The van der Waals surface area contributed by atoms with Gasteiger partial charge in [0.15, 0.2) is 0 Å². The van der Waals surface area contributed by atoms with Crippen LogP contribution >= 0.6 is 0 Å². The maximum atomic E-state index is 13.8. The van der Waals surface area contributed by atoms with Gasteiger partial charge in [0.25, 0.3) is 5.91 Å². The van der Waals surface area contributed by atoms with Crippen molar-refractivity contribution in [3.8, 4) is 5.75 Å². The first-order valence-corrected chi connectivity index (χ1v) is 10.5. The molecule has 2 aromatic carbocycles. The first-order valence-electron chi connectivity index (χ1n) is 10.5. The molecule has 0 radical (unpaired) electrons. The van der Waals surface area contributed by atoms with Crippen LogP contribution in [0.3, 0.4) is 0 Å². The van der Waals surface area contributed by atoms with Gasteiger partial charge in [0.05, 0.1) is 30.9 Å². The van der Waals surface area contributed by atoms with E-state index in [1.54, 1.807) is 30.9 Å². The van der Waals surface area contributed by atoms with E-state index in [4.69, 9.17) is 9.47 Å². The molecule has 3 amide bonds. The zero-order chi connectivity index (χ0) is 21.9. The van der Waals surface area contributed by atoms with E-state index < -0.39 is 35.4 Å². The van der Waals surface area contributed by atoms with Gasteiger partial charge in [-0.05, 0) is 39.0 Å². The highest BCUT2D eigenvalue weighted by Gasteiger charge is 2.72. The highest BCUT2D eigenvalue weighted by molar-refractivity contribution is 6.24. The maximum absolute atomic E-state index is 13.8. The van der Waals surface area contributed by atoms with Crippen LogP contribution < -0.4 is 9.64 Å². The Labute approximate surface area is 180 Å². The van der Waals surface area contributed by atoms with Crippen LogP contribution in [-0.2, 0) is 14.3 Å². The van der Waals surface area contributed by atoms with Crippen molar-refractivity contribution in [3.63, 3.8) is 0 Å². The molecule has 3 aliphatic heterocycles. The van der Waals surface area contributed by atoms with E-state index in [1.807, 2.05) is 43.3 Å². The van der Waals surface area contributed by atoms with Crippen LogP contribution in [-0.4, -0.2) is 41.6 Å². The second-order valence-corrected chi connectivity index (χ2v) is 8.46. The largest absolute Gasteiger partial charge is 0.493 e. The third kappa shape index (κ3) is 2.55. The minimum absolute atomic E-state index is 0.198. The molecule has 2 aromatic rings. The summed E-state index contributed by atoms with van der Waals surface area (Å²) in [5.74, 6) is -1.40. The van der Waals surface area contributed by atoms with Gasteiger partial charge in [0.1, 0.15) is 11.3 Å². The lowest BCUT2D eigenvalue weighted by Crippen LogP contribution is -2.51. The van der Waals surface area contributed by atoms with E-state index in [2.05, 4.69) is 0 Å². The summed E-state index contributed by atoms with van der Waals surface area (Å²) in [4.78, 5) is 43.4. The third-order valence-corrected chi connectivity index (χ3v) is 6.75. The Bertz CT molecular complexity index is 1080. The molecule has 4 atom stereocenters. The van der Waals surface area contributed by atoms with Gasteiger partial charge in [0.2, 0.25) is 0 Å². The van der Waals surface area contributed by atoms with E-state index in [-0.39, 0.29) is 19.1 Å². The fourth-order valence-electron chi connectivity index (χ4n) is 5.36. The summed E-state index contributed by atoms with van der Waals surface area (Å²) < 4.78 is 11.3. The first-order chi connectivity index (χ1) is 14.9. The molecule has 160 valence electrons. The molecule has 0 aromatic heterocycles. The Hall–Kier alpha value is -3.35. The SMILES string of the molecule is CCOC(=O)[C@@H]1[C@H]2COc3ccccc3[C@@H]2N2C(=O)N(c3ccc(C)cc3)C(=O)[C@]12C. The standard InChI is InChI=1S/C24H24N2O5/c1-4-30-21(27)19-17-13-31-18-8-6-5-7-16(18)20(17)26-23(29)25(22(28)24(19,26)3)15-11-9-14(2)10-12-15/h5-12,17,19-20H,4,13H2,1-3H3/t17-,19+,20+,24+/m1/s1. The molecular weight excluding hydrogens is 396 g/mol. The van der Waals surface area contributed by atoms with Gasteiger partial charge in [-0.1, -0.05) is 35.9 Å². The van der Waals surface area contributed by atoms with Crippen LogP contribution in [0.2, 0.25) is 0 Å². The van der Waals surface area contributed by atoms with Crippen LogP contribution in [0.4, 0.5) is 10.5 Å². The Balaban J connectivity index is 1.67. The number of ether oxygens (including phenoxy) is 2. The van der Waals surface area contributed by atoms with E-state index in [1.165, 1.54) is 4.90 Å². The predicted octanol–water partition coefficient (Wildman–Crippen LogP) is 3.47. The van der Waals surface area contributed by atoms with Crippen LogP contribution in [0.15, 0.2) is 48.5 Å². The lowest BCUT2D eigenvalue weighted by atomic mass is 9.77. The van der Waals surface area contributed by atoms with Crippen LogP contribution in [0.25, 0.3) is 0 Å². The summed E-state index contributed by atoms with van der Waals surface area (Å²) in [5.41, 5.74) is 0.974. The van der Waals surface area contributed by atoms with Crippen molar-refractivity contribution >= 4 is 23.6 Å². The number of hydrogen-bond donors (Lipinski definition) is 0. The lowest BCUT2D eigenvalue weighted by molar-refractivity contribution is -0.154. The normalized spacial score (nSPS) is 28.7. The summed E-state index contributed by atoms with van der Waals surface area (Å²) in [6.45, 7) is 5.80. The number of nitrogens with zero attached hydrogens (tertiary/aromatic N) is 2. The Kier molecular flexibility index (Phi) is 4.32. The summed E-state index contributed by atoms with van der Waals surface area (Å²) in [7, 11) is 0. The van der Waals surface area contributed by atoms with E-state index in [9.17, 15) is 14.4 Å². The van der Waals surface area contributed by atoms with E-state index in [0.29, 0.717) is 11.4 Å². The summed E-state index contributed by atoms with van der Waals surface area (Å²) in [6, 6.07) is 13.8. The van der Waals surface area contributed by atoms with Crippen molar-refractivity contribution in [2.45, 2.75) is 32.4 Å². The van der Waals surface area contributed by atoms with Crippen molar-refractivity contribution < 1.29 is 23.9 Å². The van der Waals surface area contributed by atoms with E-state index >= 15 is 0 Å². The van der Waals surface area contributed by atoms with Gasteiger partial charge in [-0.25, -0.2) is 9.69 Å². The van der Waals surface area contributed by atoms with Crippen molar-refractivity contribution in [3.05, 3.63) is 59.7 Å². The lowest BCUT2D eigenvalue weighted by Gasteiger charge is -2.34. The Morgan fingerprint density at radius 2 is 1.87 bits per heavy atom. The average Bonchev–Trinajstić information content (AvgIpc) is 3.14. The number of para-hydroxylation sites is 1. The quantitative estimate of drug-likeness (QED) is 0.561. The van der Waals surface area contributed by atoms with Crippen LogP contribution in [0.5, 0.6) is 5.75 Å². The number of carbonyl (C=O) groups is 3. The number of benzene rings is 2. The maximum Gasteiger partial charge on any atom is 0.332 e. The van der Waals surface area contributed by atoms with Gasteiger partial charge in [-0.15, -0.1) is 0 Å². The molecule has 0 unspecified atom stereocenters. The zero-order valence-electron chi connectivity index (χ0n) is 17.7. The summed E-state index contributed by atoms with van der Waals surface area (Å²) in [6.07, 6.45) is 0. The minimum atomic E-state index is -1.36. The van der Waals surface area contributed by atoms with Gasteiger partial charge in [-0.3, -0.25) is 9.59 Å². The molecule has 2 saturated heterocycles. The molecule has 0 bridgehead atoms. The van der Waals surface area contributed by atoms with Crippen LogP contribution in [0.1, 0.15) is 31.0 Å². The Morgan fingerprint density at radius 1 is 1.16 bits per heavy atom. The van der Waals surface area contributed by atoms with Gasteiger partial charge >= 0.3 is 12.0 Å². The van der Waals surface area contributed by atoms with Crippen molar-refractivity contribution in [1.82, 2.24) is 4.90 Å². The molecule has 7 heteroatoms. The monoisotopic (exact) mass is 420 g/mol. The zero-order valence-corrected chi connectivity index (χ0v) is 17.7. The number of imide groups is 1. The number of carbonyl (C=O) groups excluding carboxylic acids is 3. The molecule has 7 nitrogen and oxygen atoms in total. The topological polar surface area (TPSA) is 76.2 Å². The number of aryl methyl sites for hydroxylation is 1. The van der Waals surface area contributed by atoms with Crippen LogP contribution in [0, 0.1) is 18.8 Å². The third-order valence-electron chi connectivity index (χ3n) is 6.75. The fourth-order valence-corrected chi connectivity index (χ4v) is 5.36.